The van der Waals surface area contributed by atoms with Crippen molar-refractivity contribution in [3.05, 3.63) is 27.8 Å². The summed E-state index contributed by atoms with van der Waals surface area (Å²) in [5.41, 5.74) is 0.387. The summed E-state index contributed by atoms with van der Waals surface area (Å²) in [6.07, 6.45) is 0. The van der Waals surface area contributed by atoms with E-state index in [1.807, 2.05) is 21.2 Å². The second-order valence-corrected chi connectivity index (χ2v) is 5.57. The number of carbonyl (C=O) groups excluding carboxylic acids is 1. The van der Waals surface area contributed by atoms with Crippen molar-refractivity contribution in [3.8, 4) is 0 Å². The maximum atomic E-state index is 13.9. The minimum atomic E-state index is -0.707. The van der Waals surface area contributed by atoms with Gasteiger partial charge in [-0.3, -0.25) is 3.97 Å². The minimum absolute atomic E-state index is 0.119. The van der Waals surface area contributed by atoms with E-state index in [0.717, 1.165) is 9.12 Å². The monoisotopic (exact) mass is 420 g/mol. The first-order valence-corrected chi connectivity index (χ1v) is 8.51. The molecule has 0 atom stereocenters. The molecule has 0 saturated heterocycles. The molecule has 96 valence electrons. The highest BCUT2D eigenvalue weighted by atomic mass is 127. The molecule has 0 radical (unpaired) electrons. The third kappa shape index (κ3) is 2.17. The lowest BCUT2D eigenvalue weighted by Gasteiger charge is -2.03. The van der Waals surface area contributed by atoms with Crippen molar-refractivity contribution < 1.29 is 13.9 Å². The van der Waals surface area contributed by atoms with Crippen LogP contribution in [0.3, 0.4) is 0 Å². The molecule has 0 aliphatic carbocycles. The molecule has 0 aliphatic heterocycles. The van der Waals surface area contributed by atoms with Gasteiger partial charge in [0.05, 0.1) is 12.5 Å². The normalized spacial score (nSPS) is 10.9. The van der Waals surface area contributed by atoms with Crippen molar-refractivity contribution in [2.45, 2.75) is 0 Å². The average Bonchev–Trinajstić information content (AvgIpc) is 2.73. The fourth-order valence-electron chi connectivity index (χ4n) is 1.42. The van der Waals surface area contributed by atoms with Crippen LogP contribution in [0.15, 0.2) is 6.07 Å². The predicted octanol–water partition coefficient (Wildman–Crippen LogP) is 4.12. The number of rotatable bonds is 2. The molecule has 9 heteroatoms. The second-order valence-electron chi connectivity index (χ2n) is 3.15. The Morgan fingerprint density at radius 1 is 1.61 bits per heavy atom. The Bertz CT molecular complexity index is 649. The van der Waals surface area contributed by atoms with Crippen molar-refractivity contribution in [1.29, 1.82) is 0 Å². The van der Waals surface area contributed by atoms with E-state index in [2.05, 4.69) is 9.72 Å². The minimum Gasteiger partial charge on any atom is -0.464 e. The van der Waals surface area contributed by atoms with Gasteiger partial charge in [0.15, 0.2) is 16.6 Å². The Labute approximate surface area is 127 Å². The number of nitrogens with zero attached hydrogens (tertiary/aromatic N) is 2. The zero-order valence-corrected chi connectivity index (χ0v) is 13.2. The molecule has 2 rings (SSSR count). The van der Waals surface area contributed by atoms with E-state index in [4.69, 9.17) is 23.2 Å². The molecule has 2 heterocycles. The topological polar surface area (TPSA) is 44.1 Å². The molecule has 18 heavy (non-hydrogen) atoms. The summed E-state index contributed by atoms with van der Waals surface area (Å²) in [7, 11) is 2.40. The van der Waals surface area contributed by atoms with E-state index in [1.54, 1.807) is 0 Å². The van der Waals surface area contributed by atoms with Crippen molar-refractivity contribution in [3.63, 3.8) is 0 Å². The summed E-state index contributed by atoms with van der Waals surface area (Å²) in [5, 5.41) is -0.298. The molecule has 0 saturated carbocycles. The number of ether oxygens (including phenoxy) is 1. The van der Waals surface area contributed by atoms with E-state index >= 15 is 0 Å². The maximum Gasteiger partial charge on any atom is 0.355 e. The average molecular weight is 421 g/mol. The molecular formula is C9H4Cl2FIN2O2S. The molecule has 0 fully saturated rings. The molecule has 4 nitrogen and oxygen atoms in total. The Hall–Kier alpha value is -0.250. The Kier molecular flexibility index (Phi) is 4.25. The summed E-state index contributed by atoms with van der Waals surface area (Å²) < 4.78 is 20.0. The first-order valence-electron chi connectivity index (χ1n) is 4.44. The van der Waals surface area contributed by atoms with E-state index in [1.165, 1.54) is 17.1 Å². The van der Waals surface area contributed by atoms with E-state index in [9.17, 15) is 9.18 Å². The Morgan fingerprint density at radius 2 is 2.28 bits per heavy atom. The molecule has 0 N–H and O–H groups in total. The van der Waals surface area contributed by atoms with Gasteiger partial charge in [-0.05, 0) is 6.07 Å². The number of esters is 1. The maximum absolute atomic E-state index is 13.9. The van der Waals surface area contributed by atoms with Crippen LogP contribution in [0.1, 0.15) is 10.5 Å². The van der Waals surface area contributed by atoms with Crippen molar-refractivity contribution in [2.24, 2.45) is 0 Å². The molecule has 0 aliphatic rings. The summed E-state index contributed by atoms with van der Waals surface area (Å²) in [4.78, 5) is 15.5. The van der Waals surface area contributed by atoms with Crippen molar-refractivity contribution in [2.75, 3.05) is 7.11 Å². The number of methoxy groups -OCH3 is 1. The van der Waals surface area contributed by atoms with Gasteiger partial charge >= 0.3 is 5.97 Å². The number of pyridine rings is 1. The fourth-order valence-corrected chi connectivity index (χ4v) is 3.33. The Balaban J connectivity index is 2.85. The molecule has 0 unspecified atom stereocenters. The summed E-state index contributed by atoms with van der Waals surface area (Å²) in [6.45, 7) is 0. The number of fused-ring (bicyclic) bond motifs is 1. The molecule has 0 spiro atoms. The molecule has 2 aromatic heterocycles. The zero-order chi connectivity index (χ0) is 13.4. The lowest BCUT2D eigenvalue weighted by atomic mass is 10.3. The van der Waals surface area contributed by atoms with E-state index < -0.39 is 11.8 Å². The van der Waals surface area contributed by atoms with Crippen LogP contribution in [-0.2, 0) is 4.74 Å². The van der Waals surface area contributed by atoms with E-state index in [-0.39, 0.29) is 26.9 Å². The number of carbonyl (C=O) groups is 1. The largest absolute Gasteiger partial charge is 0.464 e. The van der Waals surface area contributed by atoms with Gasteiger partial charge in [-0.25, -0.2) is 14.2 Å². The van der Waals surface area contributed by atoms with Crippen LogP contribution < -0.4 is 0 Å². The van der Waals surface area contributed by atoms with Crippen LogP contribution in [-0.4, -0.2) is 22.0 Å². The van der Waals surface area contributed by atoms with Gasteiger partial charge in [-0.2, -0.15) is 0 Å². The Morgan fingerprint density at radius 3 is 2.83 bits per heavy atom. The summed E-state index contributed by atoms with van der Waals surface area (Å²) in [6, 6.07) is 1.33. The first-order chi connectivity index (χ1) is 8.51. The number of aromatic nitrogens is 2. The van der Waals surface area contributed by atoms with Crippen LogP contribution in [0.4, 0.5) is 4.39 Å². The van der Waals surface area contributed by atoms with E-state index in [0.29, 0.717) is 0 Å². The van der Waals surface area contributed by atoms with Crippen LogP contribution in [0.5, 0.6) is 0 Å². The lowest BCUT2D eigenvalue weighted by Crippen LogP contribution is -2.05. The second kappa shape index (κ2) is 5.40. The highest BCUT2D eigenvalue weighted by Gasteiger charge is 2.22. The highest BCUT2D eigenvalue weighted by Crippen LogP contribution is 2.34. The van der Waals surface area contributed by atoms with Gasteiger partial charge in [0.1, 0.15) is 10.7 Å². The van der Waals surface area contributed by atoms with Crippen LogP contribution in [0.2, 0.25) is 10.2 Å². The number of hydrogen-bond acceptors (Lipinski definition) is 4. The molecule has 2 aromatic rings. The SMILES string of the molecule is COC(=O)c1cc2c(F)c(Cl)c(Cl)nc2n1SI. The van der Waals surface area contributed by atoms with Crippen LogP contribution >= 0.6 is 53.5 Å². The molecular weight excluding hydrogens is 417 g/mol. The molecule has 0 aromatic carbocycles. The predicted molar refractivity (Wildman–Crippen MR) is 78.1 cm³/mol. The van der Waals surface area contributed by atoms with Crippen molar-refractivity contribution >= 4 is 70.5 Å². The van der Waals surface area contributed by atoms with Gasteiger partial charge in [0.25, 0.3) is 0 Å². The van der Waals surface area contributed by atoms with Gasteiger partial charge in [0.2, 0.25) is 0 Å². The van der Waals surface area contributed by atoms with Crippen molar-refractivity contribution in [1.82, 2.24) is 8.96 Å². The molecule has 0 bridgehead atoms. The molecule has 0 amide bonds. The van der Waals surface area contributed by atoms with Gasteiger partial charge in [-0.1, -0.05) is 23.2 Å². The summed E-state index contributed by atoms with van der Waals surface area (Å²) in [5.74, 6) is -1.30. The smallest absolute Gasteiger partial charge is 0.355 e. The highest BCUT2D eigenvalue weighted by molar-refractivity contribution is 14.2. The number of hydrogen-bond donors (Lipinski definition) is 0. The number of halogens is 4. The lowest BCUT2D eigenvalue weighted by molar-refractivity contribution is 0.0594. The standard InChI is InChI=1S/C9H4Cl2FIN2O2S/c1-17-9(16)4-2-3-6(12)5(10)7(11)14-8(3)15(4)18-13/h2H,1H3. The first kappa shape index (κ1) is 14.2. The fraction of sp³-hybridized carbons (Fsp3) is 0.111. The van der Waals surface area contributed by atoms with Crippen LogP contribution in [0, 0.1) is 5.82 Å². The van der Waals surface area contributed by atoms with Gasteiger partial charge < -0.3 is 4.74 Å². The zero-order valence-electron chi connectivity index (χ0n) is 8.71. The van der Waals surface area contributed by atoms with Gasteiger partial charge in [0, 0.05) is 30.3 Å². The van der Waals surface area contributed by atoms with Gasteiger partial charge in [-0.15, -0.1) is 0 Å². The quantitative estimate of drug-likeness (QED) is 0.416. The summed E-state index contributed by atoms with van der Waals surface area (Å²) >= 11 is 13.3. The van der Waals surface area contributed by atoms with Crippen LogP contribution in [0.25, 0.3) is 11.0 Å². The third-order valence-corrected chi connectivity index (χ3v) is 4.62. The third-order valence-electron chi connectivity index (χ3n) is 2.21.